The van der Waals surface area contributed by atoms with Crippen molar-refractivity contribution in [1.82, 2.24) is 9.88 Å². The van der Waals surface area contributed by atoms with E-state index in [1.165, 1.54) is 10.9 Å². The number of hydrogen-bond donors (Lipinski definition) is 1. The van der Waals surface area contributed by atoms with E-state index in [1.54, 1.807) is 0 Å². The fourth-order valence-corrected chi connectivity index (χ4v) is 2.61. The van der Waals surface area contributed by atoms with Crippen molar-refractivity contribution < 1.29 is 5.11 Å². The average molecular weight is 242 g/mol. The Balaban J connectivity index is 1.82. The van der Waals surface area contributed by atoms with E-state index in [0.717, 1.165) is 38.0 Å². The monoisotopic (exact) mass is 242 g/mol. The van der Waals surface area contributed by atoms with Crippen molar-refractivity contribution in [1.29, 1.82) is 0 Å². The zero-order valence-corrected chi connectivity index (χ0v) is 10.4. The molecule has 1 fully saturated rings. The first-order valence-corrected chi connectivity index (χ1v) is 6.56. The summed E-state index contributed by atoms with van der Waals surface area (Å²) in [6.07, 6.45) is 3.52. The van der Waals surface area contributed by atoms with Gasteiger partial charge in [-0.05, 0) is 24.5 Å². The van der Waals surface area contributed by atoms with Gasteiger partial charge < -0.3 is 5.11 Å². The minimum atomic E-state index is -0.105. The van der Waals surface area contributed by atoms with Gasteiger partial charge in [0.25, 0.3) is 0 Å². The summed E-state index contributed by atoms with van der Waals surface area (Å²) in [5.41, 5.74) is 2.38. The standard InChI is InChI=1S/C15H18N2O/c18-14-6-9-17(10-7-14)11-13-4-1-3-12-5-2-8-16-15(12)13/h1-5,8,14,18H,6-7,9-11H2. The molecule has 0 aliphatic carbocycles. The maximum atomic E-state index is 9.53. The van der Waals surface area contributed by atoms with Crippen LogP contribution >= 0.6 is 0 Å². The van der Waals surface area contributed by atoms with E-state index >= 15 is 0 Å². The summed E-state index contributed by atoms with van der Waals surface area (Å²) in [4.78, 5) is 6.88. The van der Waals surface area contributed by atoms with Crippen LogP contribution in [0, 0.1) is 0 Å². The SMILES string of the molecule is OC1CCN(Cc2cccc3cccnc23)CC1. The summed E-state index contributed by atoms with van der Waals surface area (Å²) in [5, 5.41) is 10.7. The molecular weight excluding hydrogens is 224 g/mol. The number of pyridine rings is 1. The maximum Gasteiger partial charge on any atom is 0.0746 e. The Bertz CT molecular complexity index is 528. The van der Waals surface area contributed by atoms with Crippen molar-refractivity contribution in [3.63, 3.8) is 0 Å². The van der Waals surface area contributed by atoms with E-state index in [-0.39, 0.29) is 6.10 Å². The molecule has 0 bridgehead atoms. The van der Waals surface area contributed by atoms with Gasteiger partial charge in [-0.3, -0.25) is 9.88 Å². The number of likely N-dealkylation sites (tertiary alicyclic amines) is 1. The van der Waals surface area contributed by atoms with Crippen LogP contribution in [-0.2, 0) is 6.54 Å². The first-order valence-electron chi connectivity index (χ1n) is 6.56. The highest BCUT2D eigenvalue weighted by molar-refractivity contribution is 5.81. The fraction of sp³-hybridized carbons (Fsp3) is 0.400. The highest BCUT2D eigenvalue weighted by Gasteiger charge is 2.17. The average Bonchev–Trinajstić information content (AvgIpc) is 2.42. The number of aromatic nitrogens is 1. The third-order valence-corrected chi connectivity index (χ3v) is 3.67. The number of hydrogen-bond acceptors (Lipinski definition) is 3. The van der Waals surface area contributed by atoms with Crippen molar-refractivity contribution in [2.45, 2.75) is 25.5 Å². The number of fused-ring (bicyclic) bond motifs is 1. The number of piperidine rings is 1. The Hall–Kier alpha value is -1.45. The minimum Gasteiger partial charge on any atom is -0.393 e. The normalized spacial score (nSPS) is 18.3. The summed E-state index contributed by atoms with van der Waals surface area (Å²) in [7, 11) is 0. The minimum absolute atomic E-state index is 0.105. The van der Waals surface area contributed by atoms with Gasteiger partial charge in [0.15, 0.2) is 0 Å². The quantitative estimate of drug-likeness (QED) is 0.877. The smallest absolute Gasteiger partial charge is 0.0746 e. The Kier molecular flexibility index (Phi) is 3.26. The fourth-order valence-electron chi connectivity index (χ4n) is 2.61. The summed E-state index contributed by atoms with van der Waals surface area (Å²) in [5.74, 6) is 0. The predicted octanol–water partition coefficient (Wildman–Crippen LogP) is 2.19. The molecule has 1 aromatic heterocycles. The van der Waals surface area contributed by atoms with Crippen molar-refractivity contribution in [2.24, 2.45) is 0 Å². The van der Waals surface area contributed by atoms with E-state index in [1.807, 2.05) is 12.3 Å². The molecule has 94 valence electrons. The predicted molar refractivity (Wildman–Crippen MR) is 72.3 cm³/mol. The number of benzene rings is 1. The zero-order valence-electron chi connectivity index (χ0n) is 10.4. The summed E-state index contributed by atoms with van der Waals surface area (Å²) < 4.78 is 0. The van der Waals surface area contributed by atoms with Gasteiger partial charge in [0.1, 0.15) is 0 Å². The van der Waals surface area contributed by atoms with Crippen LogP contribution in [0.4, 0.5) is 0 Å². The molecule has 0 saturated carbocycles. The number of rotatable bonds is 2. The number of aliphatic hydroxyl groups is 1. The summed E-state index contributed by atoms with van der Waals surface area (Å²) in [6.45, 7) is 2.88. The molecule has 3 nitrogen and oxygen atoms in total. The molecule has 1 aromatic carbocycles. The van der Waals surface area contributed by atoms with Gasteiger partial charge in [0.05, 0.1) is 11.6 Å². The lowest BCUT2D eigenvalue weighted by Crippen LogP contribution is -2.35. The molecule has 3 heteroatoms. The highest BCUT2D eigenvalue weighted by atomic mass is 16.3. The Morgan fingerprint density at radius 3 is 2.78 bits per heavy atom. The molecule has 3 rings (SSSR count). The van der Waals surface area contributed by atoms with Crippen LogP contribution in [0.15, 0.2) is 36.5 Å². The third kappa shape index (κ3) is 2.37. The van der Waals surface area contributed by atoms with Crippen LogP contribution in [0.25, 0.3) is 10.9 Å². The molecule has 1 N–H and O–H groups in total. The van der Waals surface area contributed by atoms with Crippen LogP contribution in [0.3, 0.4) is 0 Å². The topological polar surface area (TPSA) is 36.4 Å². The lowest BCUT2D eigenvalue weighted by atomic mass is 10.1. The molecule has 1 aliphatic heterocycles. The first kappa shape index (κ1) is 11.6. The molecule has 0 unspecified atom stereocenters. The molecular formula is C15H18N2O. The molecule has 1 saturated heterocycles. The second kappa shape index (κ2) is 5.04. The van der Waals surface area contributed by atoms with Crippen molar-refractivity contribution in [3.8, 4) is 0 Å². The van der Waals surface area contributed by atoms with Crippen molar-refractivity contribution in [3.05, 3.63) is 42.1 Å². The molecule has 0 radical (unpaired) electrons. The van der Waals surface area contributed by atoms with E-state index in [4.69, 9.17) is 0 Å². The van der Waals surface area contributed by atoms with E-state index in [2.05, 4.69) is 34.1 Å². The molecule has 2 aromatic rings. The summed E-state index contributed by atoms with van der Waals surface area (Å²) in [6, 6.07) is 10.4. The molecule has 0 atom stereocenters. The zero-order chi connectivity index (χ0) is 12.4. The third-order valence-electron chi connectivity index (χ3n) is 3.67. The maximum absolute atomic E-state index is 9.53. The second-order valence-electron chi connectivity index (χ2n) is 5.00. The first-order chi connectivity index (χ1) is 8.83. The van der Waals surface area contributed by atoms with E-state index in [0.29, 0.717) is 0 Å². The van der Waals surface area contributed by atoms with Gasteiger partial charge in [0.2, 0.25) is 0 Å². The van der Waals surface area contributed by atoms with Gasteiger partial charge in [-0.1, -0.05) is 24.3 Å². The van der Waals surface area contributed by atoms with E-state index < -0.39 is 0 Å². The summed E-state index contributed by atoms with van der Waals surface area (Å²) >= 11 is 0. The van der Waals surface area contributed by atoms with Crippen LogP contribution in [0.2, 0.25) is 0 Å². The molecule has 1 aliphatic rings. The van der Waals surface area contributed by atoms with Crippen LogP contribution in [-0.4, -0.2) is 34.2 Å². The van der Waals surface area contributed by atoms with Crippen molar-refractivity contribution in [2.75, 3.05) is 13.1 Å². The van der Waals surface area contributed by atoms with Gasteiger partial charge in [-0.2, -0.15) is 0 Å². The molecule has 18 heavy (non-hydrogen) atoms. The molecule has 2 heterocycles. The lowest BCUT2D eigenvalue weighted by molar-refractivity contribution is 0.0794. The number of aliphatic hydroxyl groups excluding tert-OH is 1. The number of para-hydroxylation sites is 1. The van der Waals surface area contributed by atoms with Crippen LogP contribution in [0.5, 0.6) is 0 Å². The largest absolute Gasteiger partial charge is 0.393 e. The highest BCUT2D eigenvalue weighted by Crippen LogP contribution is 2.19. The van der Waals surface area contributed by atoms with Crippen LogP contribution in [0.1, 0.15) is 18.4 Å². The lowest BCUT2D eigenvalue weighted by Gasteiger charge is -2.29. The van der Waals surface area contributed by atoms with Gasteiger partial charge in [-0.25, -0.2) is 0 Å². The van der Waals surface area contributed by atoms with Gasteiger partial charge in [-0.15, -0.1) is 0 Å². The Labute approximate surface area is 107 Å². The van der Waals surface area contributed by atoms with E-state index in [9.17, 15) is 5.11 Å². The van der Waals surface area contributed by atoms with Gasteiger partial charge in [0, 0.05) is 31.2 Å². The van der Waals surface area contributed by atoms with Gasteiger partial charge >= 0.3 is 0 Å². The Morgan fingerprint density at radius 2 is 1.94 bits per heavy atom. The second-order valence-corrected chi connectivity index (χ2v) is 5.00. The van der Waals surface area contributed by atoms with Crippen LogP contribution < -0.4 is 0 Å². The molecule has 0 amide bonds. The Morgan fingerprint density at radius 1 is 1.17 bits per heavy atom. The molecule has 0 spiro atoms. The van der Waals surface area contributed by atoms with Crippen molar-refractivity contribution >= 4 is 10.9 Å². The number of nitrogens with zero attached hydrogens (tertiary/aromatic N) is 2.